The van der Waals surface area contributed by atoms with Crippen molar-refractivity contribution in [1.29, 1.82) is 0 Å². The summed E-state index contributed by atoms with van der Waals surface area (Å²) in [5.74, 6) is 5.34. The van der Waals surface area contributed by atoms with E-state index >= 15 is 0 Å². The number of hydrogen-bond donors (Lipinski definition) is 0. The van der Waals surface area contributed by atoms with E-state index in [1.807, 2.05) is 0 Å². The van der Waals surface area contributed by atoms with Gasteiger partial charge in [0, 0.05) is 0 Å². The maximum Gasteiger partial charge on any atom is -0.0357 e. The second-order valence-electron chi connectivity index (χ2n) is 10.5. The lowest BCUT2D eigenvalue weighted by Gasteiger charge is -2.42. The third kappa shape index (κ3) is 8.91. The van der Waals surface area contributed by atoms with E-state index in [9.17, 15) is 0 Å². The molecule has 2 rings (SSSR count). The second kappa shape index (κ2) is 14.1. The molecule has 0 aliphatic heterocycles. The van der Waals surface area contributed by atoms with Crippen molar-refractivity contribution < 1.29 is 0 Å². The van der Waals surface area contributed by atoms with Crippen LogP contribution in [0, 0.1) is 29.6 Å². The van der Waals surface area contributed by atoms with Crippen LogP contribution in [0.4, 0.5) is 0 Å². The Morgan fingerprint density at radius 2 is 1.19 bits per heavy atom. The zero-order valence-electron chi connectivity index (χ0n) is 19.3. The Bertz CT molecular complexity index is 338. The molecule has 2 saturated carbocycles. The highest BCUT2D eigenvalue weighted by Crippen LogP contribution is 2.46. The highest BCUT2D eigenvalue weighted by molar-refractivity contribution is 4.86. The number of hydrogen-bond acceptors (Lipinski definition) is 0. The van der Waals surface area contributed by atoms with Gasteiger partial charge >= 0.3 is 0 Å². The minimum Gasteiger partial charge on any atom is -0.0654 e. The van der Waals surface area contributed by atoms with Gasteiger partial charge in [0.2, 0.25) is 0 Å². The molecule has 3 atom stereocenters. The molecule has 160 valence electrons. The van der Waals surface area contributed by atoms with E-state index in [-0.39, 0.29) is 0 Å². The first-order chi connectivity index (χ1) is 13.2. The first-order valence-corrected chi connectivity index (χ1v) is 13.2. The Morgan fingerprint density at radius 1 is 0.593 bits per heavy atom. The molecule has 0 spiro atoms. The van der Waals surface area contributed by atoms with Gasteiger partial charge in [-0.1, -0.05) is 117 Å². The van der Waals surface area contributed by atoms with Gasteiger partial charge in [0.15, 0.2) is 0 Å². The first kappa shape index (κ1) is 23.3. The molecule has 2 fully saturated rings. The first-order valence-electron chi connectivity index (χ1n) is 13.2. The fraction of sp³-hybridized carbons (Fsp3) is 1.00. The maximum absolute atomic E-state index is 2.52. The van der Waals surface area contributed by atoms with Gasteiger partial charge in [0.05, 0.1) is 0 Å². The quantitative estimate of drug-likeness (QED) is 0.281. The SMILES string of the molecule is CCCCCCCC1CCC(C2CCC(C)CC2CCCCCCC)CC1. The van der Waals surface area contributed by atoms with E-state index in [2.05, 4.69) is 20.8 Å². The largest absolute Gasteiger partial charge is 0.0654 e. The summed E-state index contributed by atoms with van der Waals surface area (Å²) in [7, 11) is 0. The fourth-order valence-electron chi connectivity index (χ4n) is 6.43. The lowest BCUT2D eigenvalue weighted by molar-refractivity contribution is 0.0833. The zero-order chi connectivity index (χ0) is 19.3. The molecule has 3 unspecified atom stereocenters. The van der Waals surface area contributed by atoms with Crippen LogP contribution < -0.4 is 0 Å². The Hall–Kier alpha value is 0. The minimum atomic E-state index is 1.00. The standard InChI is InChI=1S/C27H52/c1-4-6-8-10-12-14-24-17-19-25(20-18-24)27-21-16-23(3)22-26(27)15-13-11-9-7-5-2/h23-27H,4-22H2,1-3H3. The molecule has 0 radical (unpaired) electrons. The normalized spacial score (nSPS) is 31.9. The molecule has 0 saturated heterocycles. The molecule has 2 aliphatic carbocycles. The van der Waals surface area contributed by atoms with E-state index in [1.54, 1.807) is 51.4 Å². The Labute approximate surface area is 172 Å². The summed E-state index contributed by atoms with van der Waals surface area (Å²) < 4.78 is 0. The van der Waals surface area contributed by atoms with Crippen LogP contribution in [0.5, 0.6) is 0 Å². The van der Waals surface area contributed by atoms with Crippen LogP contribution in [0.2, 0.25) is 0 Å². The predicted molar refractivity (Wildman–Crippen MR) is 122 cm³/mol. The topological polar surface area (TPSA) is 0 Å². The maximum atomic E-state index is 2.52. The van der Waals surface area contributed by atoms with Gasteiger partial charge in [-0.25, -0.2) is 0 Å². The fourth-order valence-corrected chi connectivity index (χ4v) is 6.43. The average Bonchev–Trinajstić information content (AvgIpc) is 2.68. The van der Waals surface area contributed by atoms with Gasteiger partial charge in [-0.3, -0.25) is 0 Å². The molecule has 0 aromatic rings. The van der Waals surface area contributed by atoms with E-state index in [0.29, 0.717) is 0 Å². The highest BCUT2D eigenvalue weighted by Gasteiger charge is 2.35. The molecule has 27 heavy (non-hydrogen) atoms. The second-order valence-corrected chi connectivity index (χ2v) is 10.5. The van der Waals surface area contributed by atoms with Crippen LogP contribution in [0.3, 0.4) is 0 Å². The van der Waals surface area contributed by atoms with Gasteiger partial charge < -0.3 is 0 Å². The van der Waals surface area contributed by atoms with E-state index < -0.39 is 0 Å². The molecule has 0 heterocycles. The van der Waals surface area contributed by atoms with Gasteiger partial charge in [0.1, 0.15) is 0 Å². The van der Waals surface area contributed by atoms with Crippen LogP contribution in [-0.4, -0.2) is 0 Å². The van der Waals surface area contributed by atoms with Crippen LogP contribution in [0.25, 0.3) is 0 Å². The predicted octanol–water partition coefficient (Wildman–Crippen LogP) is 9.57. The summed E-state index contributed by atoms with van der Waals surface area (Å²) in [6.45, 7) is 7.18. The van der Waals surface area contributed by atoms with Crippen LogP contribution in [-0.2, 0) is 0 Å². The van der Waals surface area contributed by atoms with Crippen LogP contribution >= 0.6 is 0 Å². The Balaban J connectivity index is 1.68. The average molecular weight is 377 g/mol. The monoisotopic (exact) mass is 376 g/mol. The summed E-state index contributed by atoms with van der Waals surface area (Å²) in [5.41, 5.74) is 0. The molecule has 0 N–H and O–H groups in total. The van der Waals surface area contributed by atoms with E-state index in [4.69, 9.17) is 0 Å². The van der Waals surface area contributed by atoms with Crippen molar-refractivity contribution in [2.45, 2.75) is 143 Å². The minimum absolute atomic E-state index is 1.00. The number of rotatable bonds is 13. The molecule has 0 aromatic carbocycles. The lowest BCUT2D eigenvalue weighted by atomic mass is 9.63. The molecule has 2 aliphatic rings. The van der Waals surface area contributed by atoms with Crippen molar-refractivity contribution in [2.75, 3.05) is 0 Å². The van der Waals surface area contributed by atoms with E-state index in [0.717, 1.165) is 29.6 Å². The van der Waals surface area contributed by atoms with Gasteiger partial charge in [0.25, 0.3) is 0 Å². The molecule has 0 nitrogen and oxygen atoms in total. The van der Waals surface area contributed by atoms with Crippen molar-refractivity contribution in [2.24, 2.45) is 29.6 Å². The van der Waals surface area contributed by atoms with Crippen molar-refractivity contribution in [3.05, 3.63) is 0 Å². The van der Waals surface area contributed by atoms with Gasteiger partial charge in [-0.2, -0.15) is 0 Å². The van der Waals surface area contributed by atoms with Crippen molar-refractivity contribution >= 4 is 0 Å². The van der Waals surface area contributed by atoms with Gasteiger partial charge in [-0.15, -0.1) is 0 Å². The molecular formula is C27H52. The van der Waals surface area contributed by atoms with Crippen molar-refractivity contribution in [3.8, 4) is 0 Å². The highest BCUT2D eigenvalue weighted by atomic mass is 14.4. The van der Waals surface area contributed by atoms with Gasteiger partial charge in [-0.05, 0) is 55.3 Å². The van der Waals surface area contributed by atoms with Crippen molar-refractivity contribution in [1.82, 2.24) is 0 Å². The molecule has 0 amide bonds. The smallest absolute Gasteiger partial charge is 0.0357 e. The summed E-state index contributed by atoms with van der Waals surface area (Å²) in [6.07, 6.45) is 28.6. The van der Waals surface area contributed by atoms with Crippen molar-refractivity contribution in [3.63, 3.8) is 0 Å². The summed E-state index contributed by atoms with van der Waals surface area (Å²) >= 11 is 0. The van der Waals surface area contributed by atoms with Crippen LogP contribution in [0.1, 0.15) is 143 Å². The van der Waals surface area contributed by atoms with Crippen LogP contribution in [0.15, 0.2) is 0 Å². The summed E-state index contributed by atoms with van der Waals surface area (Å²) in [4.78, 5) is 0. The zero-order valence-corrected chi connectivity index (χ0v) is 19.3. The number of unbranched alkanes of at least 4 members (excludes halogenated alkanes) is 8. The Morgan fingerprint density at radius 3 is 1.81 bits per heavy atom. The molecule has 0 aromatic heterocycles. The summed E-state index contributed by atoms with van der Waals surface area (Å²) in [5, 5.41) is 0. The summed E-state index contributed by atoms with van der Waals surface area (Å²) in [6, 6.07) is 0. The third-order valence-corrected chi connectivity index (χ3v) is 8.19. The Kier molecular flexibility index (Phi) is 12.1. The molecule has 0 heteroatoms. The molecular weight excluding hydrogens is 324 g/mol. The lowest BCUT2D eigenvalue weighted by Crippen LogP contribution is -2.32. The van der Waals surface area contributed by atoms with E-state index in [1.165, 1.54) is 70.6 Å². The third-order valence-electron chi connectivity index (χ3n) is 8.19. The molecule has 0 bridgehead atoms.